The molecule has 1 aromatic carbocycles. The van der Waals surface area contributed by atoms with Crippen LogP contribution in [0.4, 0.5) is 24.7 Å². The van der Waals surface area contributed by atoms with E-state index in [2.05, 4.69) is 15.2 Å². The molecule has 2 aromatic heterocycles. The lowest BCUT2D eigenvalue weighted by atomic mass is 10.1. The highest BCUT2D eigenvalue weighted by Crippen LogP contribution is 2.34. The lowest BCUT2D eigenvalue weighted by Gasteiger charge is -2.22. The molecule has 6 nitrogen and oxygen atoms in total. The second-order valence-corrected chi connectivity index (χ2v) is 6.14. The SMILES string of the molecule is CN(CCCc1[nH]nc(N)c1C#N)c1cc(C(F)(F)F)nc2ccccc12. The molecule has 0 unspecified atom stereocenters. The van der Waals surface area contributed by atoms with E-state index in [1.54, 1.807) is 36.2 Å². The van der Waals surface area contributed by atoms with Crippen LogP contribution in [0.3, 0.4) is 0 Å². The third-order valence-electron chi connectivity index (χ3n) is 4.30. The largest absolute Gasteiger partial charge is 0.433 e. The van der Waals surface area contributed by atoms with Gasteiger partial charge in [0, 0.05) is 24.7 Å². The molecule has 0 saturated carbocycles. The number of nitrogen functional groups attached to an aromatic ring is 1. The number of aryl methyl sites for hydroxylation is 1. The van der Waals surface area contributed by atoms with E-state index in [0.717, 1.165) is 6.07 Å². The number of nitrogens with one attached hydrogen (secondary N) is 1. The van der Waals surface area contributed by atoms with Crippen LogP contribution in [0.15, 0.2) is 30.3 Å². The predicted molar refractivity (Wildman–Crippen MR) is 96.1 cm³/mol. The van der Waals surface area contributed by atoms with Crippen molar-refractivity contribution in [2.24, 2.45) is 0 Å². The van der Waals surface area contributed by atoms with E-state index in [-0.39, 0.29) is 5.82 Å². The number of hydrogen-bond acceptors (Lipinski definition) is 5. The number of para-hydroxylation sites is 1. The average Bonchev–Trinajstić information content (AvgIpc) is 2.99. The first-order valence-corrected chi connectivity index (χ1v) is 8.22. The zero-order chi connectivity index (χ0) is 19.6. The van der Waals surface area contributed by atoms with Gasteiger partial charge in [-0.1, -0.05) is 18.2 Å². The molecule has 0 aliphatic carbocycles. The summed E-state index contributed by atoms with van der Waals surface area (Å²) in [5.41, 5.74) is 6.37. The van der Waals surface area contributed by atoms with Crippen LogP contribution >= 0.6 is 0 Å². The summed E-state index contributed by atoms with van der Waals surface area (Å²) >= 11 is 0. The highest BCUT2D eigenvalue weighted by molar-refractivity contribution is 5.91. The van der Waals surface area contributed by atoms with Gasteiger partial charge in [-0.2, -0.15) is 23.5 Å². The Morgan fingerprint density at radius 3 is 2.74 bits per heavy atom. The summed E-state index contributed by atoms with van der Waals surface area (Å²) in [4.78, 5) is 5.48. The van der Waals surface area contributed by atoms with Crippen LogP contribution in [0.25, 0.3) is 10.9 Å². The van der Waals surface area contributed by atoms with E-state index in [1.165, 1.54) is 0 Å². The third-order valence-corrected chi connectivity index (χ3v) is 4.30. The first-order valence-electron chi connectivity index (χ1n) is 8.22. The van der Waals surface area contributed by atoms with Crippen molar-refractivity contribution in [1.82, 2.24) is 15.2 Å². The lowest BCUT2D eigenvalue weighted by Crippen LogP contribution is -2.21. The van der Waals surface area contributed by atoms with Crippen LogP contribution in [-0.2, 0) is 12.6 Å². The molecule has 2 heterocycles. The fraction of sp³-hybridized carbons (Fsp3) is 0.278. The second-order valence-electron chi connectivity index (χ2n) is 6.14. The molecule has 3 N–H and O–H groups in total. The summed E-state index contributed by atoms with van der Waals surface area (Å²) in [6.45, 7) is 0.481. The van der Waals surface area contributed by atoms with Crippen molar-refractivity contribution in [3.8, 4) is 6.07 Å². The van der Waals surface area contributed by atoms with Crippen molar-refractivity contribution in [3.05, 3.63) is 47.3 Å². The minimum Gasteiger partial charge on any atom is -0.381 e. The molecule has 3 aromatic rings. The normalized spacial score (nSPS) is 11.5. The fourth-order valence-electron chi connectivity index (χ4n) is 2.93. The van der Waals surface area contributed by atoms with Crippen LogP contribution in [-0.4, -0.2) is 28.8 Å². The fourth-order valence-corrected chi connectivity index (χ4v) is 2.93. The molecular weight excluding hydrogens is 357 g/mol. The van der Waals surface area contributed by atoms with Gasteiger partial charge in [-0.3, -0.25) is 5.10 Å². The number of aromatic amines is 1. The van der Waals surface area contributed by atoms with Gasteiger partial charge in [0.15, 0.2) is 5.82 Å². The van der Waals surface area contributed by atoms with Crippen LogP contribution in [0, 0.1) is 11.3 Å². The first-order chi connectivity index (χ1) is 12.8. The Morgan fingerprint density at radius 2 is 2.04 bits per heavy atom. The number of rotatable bonds is 5. The Balaban J connectivity index is 1.82. The van der Waals surface area contributed by atoms with E-state index < -0.39 is 11.9 Å². The maximum atomic E-state index is 13.2. The highest BCUT2D eigenvalue weighted by Gasteiger charge is 2.33. The number of anilines is 2. The number of H-pyrrole nitrogens is 1. The summed E-state index contributed by atoms with van der Waals surface area (Å²) in [5, 5.41) is 16.3. The van der Waals surface area contributed by atoms with Gasteiger partial charge in [0.25, 0.3) is 0 Å². The minimum atomic E-state index is -4.52. The van der Waals surface area contributed by atoms with Crippen molar-refractivity contribution >= 4 is 22.4 Å². The van der Waals surface area contributed by atoms with Crippen molar-refractivity contribution < 1.29 is 13.2 Å². The van der Waals surface area contributed by atoms with Gasteiger partial charge in [-0.15, -0.1) is 0 Å². The van der Waals surface area contributed by atoms with Gasteiger partial charge in [0.05, 0.1) is 11.2 Å². The van der Waals surface area contributed by atoms with E-state index in [4.69, 9.17) is 11.0 Å². The lowest BCUT2D eigenvalue weighted by molar-refractivity contribution is -0.140. The Kier molecular flexibility index (Phi) is 4.90. The summed E-state index contributed by atoms with van der Waals surface area (Å²) < 4.78 is 39.6. The average molecular weight is 374 g/mol. The molecule has 0 amide bonds. The maximum absolute atomic E-state index is 13.2. The van der Waals surface area contributed by atoms with Crippen molar-refractivity contribution in [2.75, 3.05) is 24.2 Å². The van der Waals surface area contributed by atoms with E-state index in [9.17, 15) is 13.2 Å². The van der Waals surface area contributed by atoms with Crippen molar-refractivity contribution in [3.63, 3.8) is 0 Å². The number of fused-ring (bicyclic) bond motifs is 1. The first kappa shape index (κ1) is 18.5. The Hall–Kier alpha value is -3.28. The van der Waals surface area contributed by atoms with Crippen LogP contribution in [0.5, 0.6) is 0 Å². The number of pyridine rings is 1. The number of hydrogen-bond donors (Lipinski definition) is 2. The summed E-state index contributed by atoms with van der Waals surface area (Å²) in [6.07, 6.45) is -3.41. The third kappa shape index (κ3) is 3.79. The van der Waals surface area contributed by atoms with Gasteiger partial charge in [0.2, 0.25) is 0 Å². The summed E-state index contributed by atoms with van der Waals surface area (Å²) in [7, 11) is 1.73. The molecule has 0 aliphatic heterocycles. The van der Waals surface area contributed by atoms with Crippen molar-refractivity contribution in [2.45, 2.75) is 19.0 Å². The summed E-state index contributed by atoms with van der Waals surface area (Å²) in [5.74, 6) is 0.149. The molecule has 9 heteroatoms. The Morgan fingerprint density at radius 1 is 1.30 bits per heavy atom. The van der Waals surface area contributed by atoms with Gasteiger partial charge in [0.1, 0.15) is 17.3 Å². The predicted octanol–water partition coefficient (Wildman–Crippen LogP) is 3.50. The molecule has 0 atom stereocenters. The molecular formula is C18H17F3N6. The quantitative estimate of drug-likeness (QED) is 0.713. The number of nitriles is 1. The van der Waals surface area contributed by atoms with E-state index >= 15 is 0 Å². The highest BCUT2D eigenvalue weighted by atomic mass is 19.4. The molecule has 0 aliphatic rings. The van der Waals surface area contributed by atoms with Gasteiger partial charge in [-0.25, -0.2) is 4.98 Å². The number of aromatic nitrogens is 3. The Labute approximate surface area is 153 Å². The number of alkyl halides is 3. The number of halogens is 3. The molecule has 0 fully saturated rings. The standard InChI is InChI=1S/C18H17F3N6/c1-27(8-4-7-14-12(10-22)17(23)26-25-14)15-9-16(18(19,20)21)24-13-6-3-2-5-11(13)15/h2-3,5-6,9H,4,7-8H2,1H3,(H3,23,25,26). The van der Waals surface area contributed by atoms with Crippen LogP contribution in [0.2, 0.25) is 0 Å². The smallest absolute Gasteiger partial charge is 0.381 e. The van der Waals surface area contributed by atoms with Crippen LogP contribution < -0.4 is 10.6 Å². The molecule has 140 valence electrons. The van der Waals surface area contributed by atoms with Gasteiger partial charge in [-0.05, 0) is 25.0 Å². The number of benzene rings is 1. The van der Waals surface area contributed by atoms with E-state index in [0.29, 0.717) is 47.2 Å². The molecule has 3 rings (SSSR count). The molecule has 27 heavy (non-hydrogen) atoms. The maximum Gasteiger partial charge on any atom is 0.433 e. The van der Waals surface area contributed by atoms with Crippen molar-refractivity contribution in [1.29, 1.82) is 5.26 Å². The summed E-state index contributed by atoms with van der Waals surface area (Å²) in [6, 6.07) is 9.80. The number of nitrogens with zero attached hydrogens (tertiary/aromatic N) is 4. The molecule has 0 bridgehead atoms. The topological polar surface area (TPSA) is 94.6 Å². The van der Waals surface area contributed by atoms with Gasteiger partial charge >= 0.3 is 6.18 Å². The Bertz CT molecular complexity index is 1000. The van der Waals surface area contributed by atoms with Gasteiger partial charge < -0.3 is 10.6 Å². The second kappa shape index (κ2) is 7.15. The molecule has 0 radical (unpaired) electrons. The monoisotopic (exact) mass is 374 g/mol. The zero-order valence-corrected chi connectivity index (χ0v) is 14.5. The number of nitrogens with two attached hydrogens (primary N) is 1. The van der Waals surface area contributed by atoms with E-state index in [1.807, 2.05) is 6.07 Å². The van der Waals surface area contributed by atoms with Crippen LogP contribution in [0.1, 0.15) is 23.4 Å². The molecule has 0 saturated heterocycles. The zero-order valence-electron chi connectivity index (χ0n) is 14.5. The minimum absolute atomic E-state index is 0.149. The molecule has 0 spiro atoms.